The predicted molar refractivity (Wildman–Crippen MR) is 101 cm³/mol. The van der Waals surface area contributed by atoms with Crippen molar-refractivity contribution < 1.29 is 8.84 Å². The maximum absolute atomic E-state index is 6.33. The molecule has 0 N–H and O–H groups in total. The van der Waals surface area contributed by atoms with Gasteiger partial charge in [0.25, 0.3) is 0 Å². The van der Waals surface area contributed by atoms with Gasteiger partial charge in [-0.05, 0) is 47.5 Å². The Kier molecular flexibility index (Phi) is 4.36. The summed E-state index contributed by atoms with van der Waals surface area (Å²) in [5.41, 5.74) is 4.38. The molecule has 24 heavy (non-hydrogen) atoms. The van der Waals surface area contributed by atoms with Gasteiger partial charge < -0.3 is 8.84 Å². The maximum Gasteiger partial charge on any atom is 0.192 e. The fourth-order valence-electron chi connectivity index (χ4n) is 2.43. The molecular weight excluding hydrogens is 314 g/mol. The molecule has 0 bridgehead atoms. The predicted octanol–water partition coefficient (Wildman–Crippen LogP) is 6.02. The SMILES string of the molecule is CC(C)(C)[Si](C)(C)OCc1ccc2c(-c3ccoc3)ccnc2c1. The summed E-state index contributed by atoms with van der Waals surface area (Å²) in [5, 5.41) is 1.35. The van der Waals surface area contributed by atoms with E-state index in [2.05, 4.69) is 57.0 Å². The molecule has 1 aromatic carbocycles. The van der Waals surface area contributed by atoms with Crippen LogP contribution in [0.4, 0.5) is 0 Å². The van der Waals surface area contributed by atoms with E-state index in [0.29, 0.717) is 6.61 Å². The minimum Gasteiger partial charge on any atom is -0.472 e. The molecule has 0 atom stereocenters. The van der Waals surface area contributed by atoms with Crippen LogP contribution in [0.1, 0.15) is 26.3 Å². The Balaban J connectivity index is 1.88. The molecular formula is C20H25NO2Si. The van der Waals surface area contributed by atoms with Crippen molar-refractivity contribution >= 4 is 19.2 Å². The van der Waals surface area contributed by atoms with Crippen molar-refractivity contribution in [3.8, 4) is 11.1 Å². The fraction of sp³-hybridized carbons (Fsp3) is 0.350. The molecule has 0 aliphatic rings. The number of pyridine rings is 1. The Morgan fingerprint density at radius 3 is 2.58 bits per heavy atom. The minimum atomic E-state index is -1.74. The summed E-state index contributed by atoms with van der Waals surface area (Å²) in [4.78, 5) is 4.53. The lowest BCUT2D eigenvalue weighted by Gasteiger charge is -2.36. The Bertz CT molecular complexity index is 832. The minimum absolute atomic E-state index is 0.219. The summed E-state index contributed by atoms with van der Waals surface area (Å²) in [6.45, 7) is 12.0. The van der Waals surface area contributed by atoms with E-state index < -0.39 is 8.32 Å². The first kappa shape index (κ1) is 16.9. The van der Waals surface area contributed by atoms with Gasteiger partial charge in [0, 0.05) is 17.1 Å². The number of fused-ring (bicyclic) bond motifs is 1. The first-order valence-corrected chi connectivity index (χ1v) is 11.2. The van der Waals surface area contributed by atoms with Gasteiger partial charge in [0.1, 0.15) is 0 Å². The average molecular weight is 340 g/mol. The second-order valence-corrected chi connectivity index (χ2v) is 12.6. The highest BCUT2D eigenvalue weighted by Crippen LogP contribution is 2.37. The summed E-state index contributed by atoms with van der Waals surface area (Å²) in [5.74, 6) is 0. The summed E-state index contributed by atoms with van der Waals surface area (Å²) in [6.07, 6.45) is 5.31. The highest BCUT2D eigenvalue weighted by molar-refractivity contribution is 6.74. The third-order valence-corrected chi connectivity index (χ3v) is 9.52. The molecule has 0 aliphatic carbocycles. The number of benzene rings is 1. The van der Waals surface area contributed by atoms with Gasteiger partial charge in [-0.25, -0.2) is 0 Å². The van der Waals surface area contributed by atoms with Crippen molar-refractivity contribution in [2.75, 3.05) is 0 Å². The highest BCUT2D eigenvalue weighted by atomic mass is 28.4. The van der Waals surface area contributed by atoms with Gasteiger partial charge in [-0.2, -0.15) is 0 Å². The Labute approximate surface area is 144 Å². The highest BCUT2D eigenvalue weighted by Gasteiger charge is 2.37. The number of furan rings is 1. The average Bonchev–Trinajstić information content (AvgIpc) is 3.05. The van der Waals surface area contributed by atoms with Crippen LogP contribution in [0.2, 0.25) is 18.1 Å². The summed E-state index contributed by atoms with van der Waals surface area (Å²) >= 11 is 0. The van der Waals surface area contributed by atoms with Crippen molar-refractivity contribution in [3.05, 3.63) is 54.6 Å². The van der Waals surface area contributed by atoms with Crippen LogP contribution in [0.15, 0.2) is 53.5 Å². The lowest BCUT2D eigenvalue weighted by Crippen LogP contribution is -2.40. The molecule has 2 heterocycles. The maximum atomic E-state index is 6.33. The number of rotatable bonds is 4. The zero-order chi connectivity index (χ0) is 17.4. The van der Waals surface area contributed by atoms with Crippen LogP contribution in [0.5, 0.6) is 0 Å². The Morgan fingerprint density at radius 1 is 1.12 bits per heavy atom. The first-order valence-electron chi connectivity index (χ1n) is 8.32. The molecule has 2 aromatic heterocycles. The molecule has 0 amide bonds. The lowest BCUT2D eigenvalue weighted by molar-refractivity contribution is 0.276. The molecule has 0 radical (unpaired) electrons. The zero-order valence-electron chi connectivity index (χ0n) is 15.1. The molecule has 4 heteroatoms. The molecule has 3 rings (SSSR count). The van der Waals surface area contributed by atoms with Gasteiger partial charge in [-0.1, -0.05) is 32.9 Å². The largest absolute Gasteiger partial charge is 0.472 e. The van der Waals surface area contributed by atoms with Crippen LogP contribution >= 0.6 is 0 Å². The van der Waals surface area contributed by atoms with E-state index in [1.54, 1.807) is 12.5 Å². The van der Waals surface area contributed by atoms with Crippen molar-refractivity contribution in [1.82, 2.24) is 4.98 Å². The monoisotopic (exact) mass is 339 g/mol. The normalized spacial score (nSPS) is 12.7. The summed E-state index contributed by atoms with van der Waals surface area (Å²) in [7, 11) is -1.74. The van der Waals surface area contributed by atoms with E-state index in [-0.39, 0.29) is 5.04 Å². The molecule has 0 aliphatic heterocycles. The molecule has 3 aromatic rings. The summed E-state index contributed by atoms with van der Waals surface area (Å²) in [6, 6.07) is 10.4. The van der Waals surface area contributed by atoms with Crippen molar-refractivity contribution in [3.63, 3.8) is 0 Å². The number of hydrogen-bond acceptors (Lipinski definition) is 3. The van der Waals surface area contributed by atoms with Crippen LogP contribution in [-0.4, -0.2) is 13.3 Å². The van der Waals surface area contributed by atoms with E-state index in [0.717, 1.165) is 22.0 Å². The van der Waals surface area contributed by atoms with Crippen LogP contribution < -0.4 is 0 Å². The Morgan fingerprint density at radius 2 is 1.92 bits per heavy atom. The van der Waals surface area contributed by atoms with E-state index in [1.165, 1.54) is 5.56 Å². The third-order valence-electron chi connectivity index (χ3n) is 5.05. The van der Waals surface area contributed by atoms with E-state index in [9.17, 15) is 0 Å². The van der Waals surface area contributed by atoms with Crippen LogP contribution in [0, 0.1) is 0 Å². The smallest absolute Gasteiger partial charge is 0.192 e. The van der Waals surface area contributed by atoms with Crippen molar-refractivity contribution in [2.45, 2.75) is 45.5 Å². The molecule has 0 saturated carbocycles. The zero-order valence-corrected chi connectivity index (χ0v) is 16.1. The van der Waals surface area contributed by atoms with Crippen molar-refractivity contribution in [1.29, 1.82) is 0 Å². The van der Waals surface area contributed by atoms with E-state index in [1.807, 2.05) is 18.3 Å². The molecule has 0 spiro atoms. The topological polar surface area (TPSA) is 35.3 Å². The van der Waals surface area contributed by atoms with Gasteiger partial charge in [-0.3, -0.25) is 4.98 Å². The number of nitrogens with zero attached hydrogens (tertiary/aromatic N) is 1. The molecule has 126 valence electrons. The van der Waals surface area contributed by atoms with Crippen molar-refractivity contribution in [2.24, 2.45) is 0 Å². The summed E-state index contributed by atoms with van der Waals surface area (Å²) < 4.78 is 11.5. The second-order valence-electron chi connectivity index (χ2n) is 7.77. The van der Waals surface area contributed by atoms with Gasteiger partial charge in [0.15, 0.2) is 8.32 Å². The lowest BCUT2D eigenvalue weighted by atomic mass is 10.0. The Hall–Kier alpha value is -1.91. The van der Waals surface area contributed by atoms with Gasteiger partial charge in [0.05, 0.1) is 24.6 Å². The molecule has 0 fully saturated rings. The first-order chi connectivity index (χ1) is 11.3. The molecule has 0 saturated heterocycles. The number of aromatic nitrogens is 1. The third kappa shape index (κ3) is 3.30. The molecule has 0 unspecified atom stereocenters. The van der Waals surface area contributed by atoms with E-state index in [4.69, 9.17) is 8.84 Å². The standard InChI is InChI=1S/C20H25NO2Si/c1-20(2,3)24(4,5)23-13-15-6-7-18-17(16-9-11-22-14-16)8-10-21-19(18)12-15/h6-12,14H,13H2,1-5H3. The second kappa shape index (κ2) is 6.19. The molecule has 3 nitrogen and oxygen atoms in total. The van der Waals surface area contributed by atoms with Gasteiger partial charge in [-0.15, -0.1) is 0 Å². The van der Waals surface area contributed by atoms with Crippen LogP contribution in [0.3, 0.4) is 0 Å². The van der Waals surface area contributed by atoms with Crippen LogP contribution in [0.25, 0.3) is 22.0 Å². The quantitative estimate of drug-likeness (QED) is 0.545. The fourth-order valence-corrected chi connectivity index (χ4v) is 3.39. The van der Waals surface area contributed by atoms with Crippen LogP contribution in [-0.2, 0) is 11.0 Å². The van der Waals surface area contributed by atoms with E-state index >= 15 is 0 Å². The van der Waals surface area contributed by atoms with Gasteiger partial charge >= 0.3 is 0 Å². The van der Waals surface area contributed by atoms with Gasteiger partial charge in [0.2, 0.25) is 0 Å². The number of hydrogen-bond donors (Lipinski definition) is 0.